The molecule has 49 heavy (non-hydrogen) atoms. The standard InChI is InChI=1S/C47H36N2/c1-46(2)38-19-11-10-17-33(38)35-26-27-36-42-34-18-9-8-16-32(34)37(28-39(42)47(3,4)44(36)43(35)46)29-22-24-31(25-23-29)49-41-21-13-12-20-40(41)48-45(49)30-14-6-5-7-15-30/h5-28H,1-4H3. The van der Waals surface area contributed by atoms with Gasteiger partial charge in [0.25, 0.3) is 0 Å². The Hall–Kier alpha value is -5.73. The topological polar surface area (TPSA) is 17.8 Å². The van der Waals surface area contributed by atoms with Gasteiger partial charge in [0.2, 0.25) is 0 Å². The van der Waals surface area contributed by atoms with Crippen molar-refractivity contribution in [2.24, 2.45) is 0 Å². The van der Waals surface area contributed by atoms with E-state index in [0.29, 0.717) is 0 Å². The summed E-state index contributed by atoms with van der Waals surface area (Å²) in [6, 6.07) is 53.3. The van der Waals surface area contributed by atoms with E-state index in [1.165, 1.54) is 66.4 Å². The van der Waals surface area contributed by atoms with E-state index < -0.39 is 0 Å². The highest BCUT2D eigenvalue weighted by Gasteiger charge is 2.46. The molecule has 0 fully saturated rings. The van der Waals surface area contributed by atoms with Gasteiger partial charge in [0, 0.05) is 22.1 Å². The summed E-state index contributed by atoms with van der Waals surface area (Å²) in [7, 11) is 0. The van der Waals surface area contributed by atoms with E-state index in [2.05, 4.69) is 178 Å². The third-order valence-corrected chi connectivity index (χ3v) is 11.4. The van der Waals surface area contributed by atoms with Crippen LogP contribution in [0.15, 0.2) is 146 Å². The fourth-order valence-corrected chi connectivity index (χ4v) is 9.12. The zero-order chi connectivity index (χ0) is 33.1. The van der Waals surface area contributed by atoms with Crippen molar-refractivity contribution >= 4 is 21.8 Å². The summed E-state index contributed by atoms with van der Waals surface area (Å²) in [5, 5.41) is 2.62. The van der Waals surface area contributed by atoms with Gasteiger partial charge in [-0.3, -0.25) is 4.57 Å². The monoisotopic (exact) mass is 628 g/mol. The van der Waals surface area contributed by atoms with Gasteiger partial charge in [-0.15, -0.1) is 0 Å². The van der Waals surface area contributed by atoms with Crippen molar-refractivity contribution in [2.75, 3.05) is 0 Å². The molecule has 2 heteroatoms. The molecule has 0 bridgehead atoms. The Morgan fingerprint density at radius 2 is 1.10 bits per heavy atom. The van der Waals surface area contributed by atoms with E-state index in [1.54, 1.807) is 0 Å². The normalized spacial score (nSPS) is 14.9. The van der Waals surface area contributed by atoms with Gasteiger partial charge in [-0.1, -0.05) is 143 Å². The van der Waals surface area contributed by atoms with Crippen molar-refractivity contribution in [2.45, 2.75) is 38.5 Å². The molecule has 2 nitrogen and oxygen atoms in total. The first kappa shape index (κ1) is 28.3. The Morgan fingerprint density at radius 3 is 1.92 bits per heavy atom. The molecule has 1 aromatic heterocycles. The maximum atomic E-state index is 5.07. The highest BCUT2D eigenvalue weighted by Crippen LogP contribution is 2.60. The van der Waals surface area contributed by atoms with Crippen LogP contribution in [0.1, 0.15) is 49.9 Å². The smallest absolute Gasteiger partial charge is 0.145 e. The van der Waals surface area contributed by atoms with Crippen LogP contribution >= 0.6 is 0 Å². The molecular weight excluding hydrogens is 593 g/mol. The fraction of sp³-hybridized carbons (Fsp3) is 0.128. The van der Waals surface area contributed by atoms with E-state index in [1.807, 2.05) is 0 Å². The third-order valence-electron chi connectivity index (χ3n) is 11.4. The van der Waals surface area contributed by atoms with Crippen molar-refractivity contribution in [3.8, 4) is 50.5 Å². The molecule has 234 valence electrons. The number of hydrogen-bond acceptors (Lipinski definition) is 1. The maximum Gasteiger partial charge on any atom is 0.145 e. The first-order valence-electron chi connectivity index (χ1n) is 17.3. The van der Waals surface area contributed by atoms with Gasteiger partial charge in [0.05, 0.1) is 11.0 Å². The zero-order valence-corrected chi connectivity index (χ0v) is 28.3. The molecule has 0 spiro atoms. The highest BCUT2D eigenvalue weighted by atomic mass is 15.1. The maximum absolute atomic E-state index is 5.07. The number of benzene rings is 7. The molecule has 0 saturated heterocycles. The molecule has 7 aromatic carbocycles. The Morgan fingerprint density at radius 1 is 0.469 bits per heavy atom. The van der Waals surface area contributed by atoms with E-state index in [0.717, 1.165) is 28.1 Å². The molecule has 1 heterocycles. The van der Waals surface area contributed by atoms with E-state index in [-0.39, 0.29) is 10.8 Å². The number of nitrogens with zero attached hydrogens (tertiary/aromatic N) is 2. The molecule has 2 aliphatic carbocycles. The molecule has 0 amide bonds. The van der Waals surface area contributed by atoms with E-state index in [4.69, 9.17) is 4.98 Å². The quantitative estimate of drug-likeness (QED) is 0.190. The van der Waals surface area contributed by atoms with E-state index in [9.17, 15) is 0 Å². The lowest BCUT2D eigenvalue weighted by Crippen LogP contribution is -2.24. The summed E-state index contributed by atoms with van der Waals surface area (Å²) >= 11 is 0. The van der Waals surface area contributed by atoms with Crippen LogP contribution in [0.25, 0.3) is 72.3 Å². The second-order valence-corrected chi connectivity index (χ2v) is 14.8. The minimum atomic E-state index is -0.158. The third kappa shape index (κ3) is 3.80. The van der Waals surface area contributed by atoms with Crippen LogP contribution < -0.4 is 0 Å². The van der Waals surface area contributed by atoms with Gasteiger partial charge in [0.1, 0.15) is 5.82 Å². The van der Waals surface area contributed by atoms with E-state index >= 15 is 0 Å². The summed E-state index contributed by atoms with van der Waals surface area (Å²) in [6.45, 7) is 9.70. The predicted octanol–water partition coefficient (Wildman–Crippen LogP) is 12.1. The lowest BCUT2D eigenvalue weighted by molar-refractivity contribution is 0.601. The molecular formula is C47H36N2. The largest absolute Gasteiger partial charge is 0.292 e. The average molecular weight is 629 g/mol. The van der Waals surface area contributed by atoms with Crippen molar-refractivity contribution in [1.82, 2.24) is 9.55 Å². The van der Waals surface area contributed by atoms with Gasteiger partial charge in [0.15, 0.2) is 0 Å². The van der Waals surface area contributed by atoms with Crippen LogP contribution in [-0.4, -0.2) is 9.55 Å². The number of fused-ring (bicyclic) bond motifs is 10. The Labute approximate surface area is 287 Å². The number of aromatic nitrogens is 2. The molecule has 2 aliphatic rings. The summed E-state index contributed by atoms with van der Waals surface area (Å²) in [5.41, 5.74) is 17.9. The van der Waals surface area contributed by atoms with Gasteiger partial charge in [-0.05, 0) is 96.7 Å². The number of hydrogen-bond donors (Lipinski definition) is 0. The predicted molar refractivity (Wildman–Crippen MR) is 205 cm³/mol. The lowest BCUT2D eigenvalue weighted by Gasteiger charge is -2.31. The molecule has 0 unspecified atom stereocenters. The summed E-state index contributed by atoms with van der Waals surface area (Å²) < 4.78 is 2.29. The first-order valence-corrected chi connectivity index (χ1v) is 17.3. The molecule has 0 saturated carbocycles. The highest BCUT2D eigenvalue weighted by molar-refractivity contribution is 6.10. The SMILES string of the molecule is CC1(C)c2ccccc2-c2ccc3c(c21)C(C)(C)c1cc(-c2ccc(-n4c(-c5ccccc5)nc5ccccc54)cc2)c2ccccc2c1-3. The first-order chi connectivity index (χ1) is 23.8. The van der Waals surface area contributed by atoms with Crippen LogP contribution in [-0.2, 0) is 10.8 Å². The summed E-state index contributed by atoms with van der Waals surface area (Å²) in [5.74, 6) is 0.953. The van der Waals surface area contributed by atoms with Gasteiger partial charge >= 0.3 is 0 Å². The second kappa shape index (κ2) is 9.90. The Balaban J connectivity index is 1.15. The van der Waals surface area contributed by atoms with Crippen LogP contribution in [0.5, 0.6) is 0 Å². The van der Waals surface area contributed by atoms with Crippen LogP contribution in [0.4, 0.5) is 0 Å². The minimum Gasteiger partial charge on any atom is -0.292 e. The van der Waals surface area contributed by atoms with Gasteiger partial charge in [-0.25, -0.2) is 4.98 Å². The van der Waals surface area contributed by atoms with Crippen LogP contribution in [0.2, 0.25) is 0 Å². The van der Waals surface area contributed by atoms with Crippen LogP contribution in [0.3, 0.4) is 0 Å². The van der Waals surface area contributed by atoms with Crippen LogP contribution in [0, 0.1) is 0 Å². The number of imidazole rings is 1. The number of para-hydroxylation sites is 2. The Bertz CT molecular complexity index is 2640. The molecule has 10 rings (SSSR count). The van der Waals surface area contributed by atoms with Gasteiger partial charge in [-0.2, -0.15) is 0 Å². The zero-order valence-electron chi connectivity index (χ0n) is 28.3. The summed E-state index contributed by atoms with van der Waals surface area (Å²) in [6.07, 6.45) is 0. The molecule has 0 N–H and O–H groups in total. The number of rotatable bonds is 3. The van der Waals surface area contributed by atoms with Crippen molar-refractivity contribution < 1.29 is 0 Å². The molecule has 0 atom stereocenters. The fourth-order valence-electron chi connectivity index (χ4n) is 9.12. The van der Waals surface area contributed by atoms with Crippen molar-refractivity contribution in [3.63, 3.8) is 0 Å². The summed E-state index contributed by atoms with van der Waals surface area (Å²) in [4.78, 5) is 5.07. The lowest BCUT2D eigenvalue weighted by atomic mass is 9.72. The van der Waals surface area contributed by atoms with Gasteiger partial charge < -0.3 is 0 Å². The molecule has 0 aliphatic heterocycles. The molecule has 8 aromatic rings. The average Bonchev–Trinajstić information content (AvgIpc) is 3.72. The Kier molecular flexibility index (Phi) is 5.72. The minimum absolute atomic E-state index is 0.0683. The van der Waals surface area contributed by atoms with Crippen molar-refractivity contribution in [1.29, 1.82) is 0 Å². The van der Waals surface area contributed by atoms with Crippen molar-refractivity contribution in [3.05, 3.63) is 168 Å². The second-order valence-electron chi connectivity index (χ2n) is 14.8. The molecule has 0 radical (unpaired) electrons.